The van der Waals surface area contributed by atoms with Crippen LogP contribution in [0.3, 0.4) is 0 Å². The molecule has 4 rings (SSSR count). The number of amides is 1. The number of hydrogen-bond acceptors (Lipinski definition) is 4. The van der Waals surface area contributed by atoms with Crippen molar-refractivity contribution in [3.8, 4) is 16.9 Å². The highest BCUT2D eigenvalue weighted by atomic mass is 16.5. The summed E-state index contributed by atoms with van der Waals surface area (Å²) in [6, 6.07) is 13.1. The van der Waals surface area contributed by atoms with E-state index in [9.17, 15) is 9.59 Å². The van der Waals surface area contributed by atoms with Crippen molar-refractivity contribution in [2.24, 2.45) is 0 Å². The van der Waals surface area contributed by atoms with E-state index in [4.69, 9.17) is 4.74 Å². The fourth-order valence-corrected chi connectivity index (χ4v) is 4.08. The standard InChI is InChI=1S/C24H25N3O3/c1-30-22-11-5-3-9-19(22)20-13-24(29)27(21-10-4-2-8-18(20)21)16-23(28)26-15-17-7-6-12-25-14-17/h3,5-7,9,11-14H,2,4,8,10,15-16H2,1H3,(H,26,28). The third-order valence-electron chi connectivity index (χ3n) is 5.53. The highest BCUT2D eigenvalue weighted by molar-refractivity contribution is 5.77. The minimum atomic E-state index is -0.182. The lowest BCUT2D eigenvalue weighted by atomic mass is 9.88. The maximum absolute atomic E-state index is 13.0. The van der Waals surface area contributed by atoms with E-state index in [0.717, 1.165) is 59.4 Å². The molecule has 1 aliphatic rings. The summed E-state index contributed by atoms with van der Waals surface area (Å²) >= 11 is 0. The number of carbonyl (C=O) groups is 1. The van der Waals surface area contributed by atoms with Gasteiger partial charge in [-0.05, 0) is 54.5 Å². The molecular formula is C24H25N3O3. The van der Waals surface area contributed by atoms with Crippen LogP contribution in [0.4, 0.5) is 0 Å². The van der Waals surface area contributed by atoms with Crippen LogP contribution in [0.25, 0.3) is 11.1 Å². The van der Waals surface area contributed by atoms with Gasteiger partial charge in [-0.2, -0.15) is 0 Å². The lowest BCUT2D eigenvalue weighted by Gasteiger charge is -2.24. The van der Waals surface area contributed by atoms with Crippen molar-refractivity contribution in [3.05, 3.63) is 82.0 Å². The summed E-state index contributed by atoms with van der Waals surface area (Å²) in [5.41, 5.74) is 4.71. The van der Waals surface area contributed by atoms with Crippen molar-refractivity contribution >= 4 is 5.91 Å². The molecule has 0 saturated heterocycles. The molecule has 0 fully saturated rings. The summed E-state index contributed by atoms with van der Waals surface area (Å²) in [4.78, 5) is 29.6. The number of fused-ring (bicyclic) bond motifs is 1. The zero-order valence-corrected chi connectivity index (χ0v) is 17.1. The van der Waals surface area contributed by atoms with Gasteiger partial charge in [0.1, 0.15) is 12.3 Å². The minimum absolute atomic E-state index is 0.0215. The average molecular weight is 403 g/mol. The van der Waals surface area contributed by atoms with Crippen LogP contribution >= 0.6 is 0 Å². The molecule has 2 aromatic heterocycles. The maximum Gasteiger partial charge on any atom is 0.251 e. The Morgan fingerprint density at radius 2 is 1.97 bits per heavy atom. The van der Waals surface area contributed by atoms with Crippen LogP contribution in [0.1, 0.15) is 29.7 Å². The number of ether oxygens (including phenoxy) is 1. The van der Waals surface area contributed by atoms with Gasteiger partial charge < -0.3 is 14.6 Å². The first-order chi connectivity index (χ1) is 14.7. The minimum Gasteiger partial charge on any atom is -0.496 e. The van der Waals surface area contributed by atoms with Crippen molar-refractivity contribution in [1.29, 1.82) is 0 Å². The number of hydrogen-bond donors (Lipinski definition) is 1. The predicted octanol–water partition coefficient (Wildman–Crippen LogP) is 3.11. The molecule has 2 heterocycles. The van der Waals surface area contributed by atoms with Gasteiger partial charge in [0.25, 0.3) is 5.56 Å². The van der Waals surface area contributed by atoms with E-state index >= 15 is 0 Å². The van der Waals surface area contributed by atoms with E-state index in [2.05, 4.69) is 10.3 Å². The Morgan fingerprint density at radius 3 is 2.77 bits per heavy atom. The van der Waals surface area contributed by atoms with Gasteiger partial charge in [0.05, 0.1) is 7.11 Å². The van der Waals surface area contributed by atoms with Gasteiger partial charge in [-0.3, -0.25) is 14.6 Å². The highest BCUT2D eigenvalue weighted by Crippen LogP contribution is 2.35. The molecule has 154 valence electrons. The number of nitrogens with zero attached hydrogens (tertiary/aromatic N) is 2. The molecule has 0 radical (unpaired) electrons. The first-order valence-electron chi connectivity index (χ1n) is 10.2. The molecule has 1 aromatic carbocycles. The second kappa shape index (κ2) is 8.95. The molecule has 1 aliphatic carbocycles. The van der Waals surface area contributed by atoms with Crippen LogP contribution in [0.2, 0.25) is 0 Å². The van der Waals surface area contributed by atoms with E-state index in [1.807, 2.05) is 36.4 Å². The van der Waals surface area contributed by atoms with Crippen LogP contribution in [0.5, 0.6) is 5.75 Å². The smallest absolute Gasteiger partial charge is 0.251 e. The summed E-state index contributed by atoms with van der Waals surface area (Å²) in [6.45, 7) is 0.413. The monoisotopic (exact) mass is 403 g/mol. The molecule has 0 bridgehead atoms. The molecule has 0 spiro atoms. The fraction of sp³-hybridized carbons (Fsp3) is 0.292. The van der Waals surface area contributed by atoms with Crippen LogP contribution in [-0.4, -0.2) is 22.6 Å². The molecule has 3 aromatic rings. The Balaban J connectivity index is 1.65. The number of carbonyl (C=O) groups excluding carboxylic acids is 1. The van der Waals surface area contributed by atoms with Gasteiger partial charge in [-0.15, -0.1) is 0 Å². The molecule has 1 N–H and O–H groups in total. The number of aromatic nitrogens is 2. The lowest BCUT2D eigenvalue weighted by Crippen LogP contribution is -2.35. The van der Waals surface area contributed by atoms with E-state index in [1.165, 1.54) is 0 Å². The number of pyridine rings is 2. The van der Waals surface area contributed by atoms with Crippen molar-refractivity contribution in [1.82, 2.24) is 14.9 Å². The van der Waals surface area contributed by atoms with E-state index in [-0.39, 0.29) is 18.0 Å². The summed E-state index contributed by atoms with van der Waals surface area (Å²) in [5, 5.41) is 2.89. The quantitative estimate of drug-likeness (QED) is 0.686. The van der Waals surface area contributed by atoms with Crippen molar-refractivity contribution in [3.63, 3.8) is 0 Å². The van der Waals surface area contributed by atoms with Crippen molar-refractivity contribution in [2.45, 2.75) is 38.8 Å². The van der Waals surface area contributed by atoms with E-state index < -0.39 is 0 Å². The Kier molecular flexibility index (Phi) is 5.93. The largest absolute Gasteiger partial charge is 0.496 e. The van der Waals surface area contributed by atoms with Gasteiger partial charge in [0.15, 0.2) is 0 Å². The number of methoxy groups -OCH3 is 1. The fourth-order valence-electron chi connectivity index (χ4n) is 4.08. The topological polar surface area (TPSA) is 73.2 Å². The Labute approximate surface area is 175 Å². The maximum atomic E-state index is 13.0. The average Bonchev–Trinajstić information content (AvgIpc) is 2.80. The third kappa shape index (κ3) is 4.13. The van der Waals surface area contributed by atoms with Gasteiger partial charge in [-0.25, -0.2) is 0 Å². The van der Waals surface area contributed by atoms with Gasteiger partial charge in [0, 0.05) is 36.3 Å². The molecule has 6 heteroatoms. The van der Waals surface area contributed by atoms with Gasteiger partial charge in [0.2, 0.25) is 5.91 Å². The molecule has 0 saturated carbocycles. The zero-order valence-electron chi connectivity index (χ0n) is 17.1. The van der Waals surface area contributed by atoms with Crippen molar-refractivity contribution < 1.29 is 9.53 Å². The third-order valence-corrected chi connectivity index (χ3v) is 5.53. The lowest BCUT2D eigenvalue weighted by molar-refractivity contribution is -0.121. The zero-order chi connectivity index (χ0) is 20.9. The molecule has 0 aliphatic heterocycles. The molecular weight excluding hydrogens is 378 g/mol. The van der Waals surface area contributed by atoms with E-state index in [1.54, 1.807) is 30.1 Å². The summed E-state index contributed by atoms with van der Waals surface area (Å²) in [5.74, 6) is 0.565. The van der Waals surface area contributed by atoms with Crippen LogP contribution in [-0.2, 0) is 30.7 Å². The Hall–Kier alpha value is -3.41. The number of nitrogens with one attached hydrogen (secondary N) is 1. The van der Waals surface area contributed by atoms with Crippen LogP contribution in [0.15, 0.2) is 59.7 Å². The Morgan fingerprint density at radius 1 is 1.13 bits per heavy atom. The second-order valence-corrected chi connectivity index (χ2v) is 7.45. The molecule has 0 atom stereocenters. The summed E-state index contributed by atoms with van der Waals surface area (Å²) < 4.78 is 7.15. The normalized spacial score (nSPS) is 12.8. The molecule has 0 unspecified atom stereocenters. The van der Waals surface area contributed by atoms with Crippen LogP contribution < -0.4 is 15.6 Å². The van der Waals surface area contributed by atoms with E-state index in [0.29, 0.717) is 6.54 Å². The van der Waals surface area contributed by atoms with Gasteiger partial charge in [-0.1, -0.05) is 24.3 Å². The number of rotatable bonds is 6. The summed E-state index contributed by atoms with van der Waals surface area (Å²) in [6.07, 6.45) is 7.18. The second-order valence-electron chi connectivity index (χ2n) is 7.45. The molecule has 1 amide bonds. The Bertz CT molecular complexity index is 1110. The highest BCUT2D eigenvalue weighted by Gasteiger charge is 2.22. The number of benzene rings is 1. The number of para-hydroxylation sites is 1. The first kappa shape index (κ1) is 19.9. The van der Waals surface area contributed by atoms with Gasteiger partial charge >= 0.3 is 0 Å². The molecule has 30 heavy (non-hydrogen) atoms. The summed E-state index contributed by atoms with van der Waals surface area (Å²) in [7, 11) is 1.64. The predicted molar refractivity (Wildman–Crippen MR) is 115 cm³/mol. The van der Waals surface area contributed by atoms with Crippen LogP contribution in [0, 0.1) is 0 Å². The SMILES string of the molecule is COc1ccccc1-c1cc(=O)n(CC(=O)NCc2cccnc2)c2c1CCCC2. The van der Waals surface area contributed by atoms with Crippen molar-refractivity contribution in [2.75, 3.05) is 7.11 Å². The molecule has 6 nitrogen and oxygen atoms in total. The first-order valence-corrected chi connectivity index (χ1v) is 10.2.